The maximum Gasteiger partial charge on any atom is 0.170 e. The van der Waals surface area contributed by atoms with Gasteiger partial charge in [-0.05, 0) is 12.3 Å². The summed E-state index contributed by atoms with van der Waals surface area (Å²) in [7, 11) is 0. The number of Topliss-reactive ketones (excluding diaryl/α,β-unsaturated/α-hetero) is 1. The molecule has 4 atom stereocenters. The van der Waals surface area contributed by atoms with Crippen LogP contribution in [0.3, 0.4) is 0 Å². The van der Waals surface area contributed by atoms with Gasteiger partial charge < -0.3 is 9.90 Å². The molecule has 0 aromatic rings. The first-order valence-electron chi connectivity index (χ1n) is 3.51. The van der Waals surface area contributed by atoms with Gasteiger partial charge in [0.15, 0.2) is 12.0 Å². The fourth-order valence-electron chi connectivity index (χ4n) is 1.94. The van der Waals surface area contributed by atoms with Gasteiger partial charge in [-0.1, -0.05) is 0 Å². The van der Waals surface area contributed by atoms with Crippen molar-refractivity contribution in [2.75, 3.05) is 0 Å². The second kappa shape index (κ2) is 1.81. The first-order chi connectivity index (χ1) is 5.13. The van der Waals surface area contributed by atoms with E-state index in [1.54, 1.807) is 0 Å². The Labute approximate surface area is 62.2 Å². The van der Waals surface area contributed by atoms with Crippen molar-refractivity contribution in [1.82, 2.24) is 0 Å². The van der Waals surface area contributed by atoms with Crippen LogP contribution in [0.25, 0.3) is 0 Å². The third kappa shape index (κ3) is 0.721. The summed E-state index contributed by atoms with van der Waals surface area (Å²) in [6.07, 6.45) is -1.33. The van der Waals surface area contributed by atoms with Crippen molar-refractivity contribution < 1.29 is 19.1 Å². The zero-order valence-electron chi connectivity index (χ0n) is 5.62. The van der Waals surface area contributed by atoms with Crippen LogP contribution in [0.1, 0.15) is 6.42 Å². The molecule has 2 rings (SSSR count). The average molecular weight is 157 g/mol. The summed E-state index contributed by atoms with van der Waals surface area (Å²) in [6, 6.07) is 0. The highest BCUT2D eigenvalue weighted by atomic mass is 19.1. The van der Waals surface area contributed by atoms with Crippen LogP contribution >= 0.6 is 0 Å². The number of carboxylic acids is 1. The van der Waals surface area contributed by atoms with Crippen LogP contribution in [0.2, 0.25) is 0 Å². The Hall–Kier alpha value is -0.930. The van der Waals surface area contributed by atoms with Crippen molar-refractivity contribution in [3.8, 4) is 0 Å². The molecule has 0 spiro atoms. The van der Waals surface area contributed by atoms with Crippen LogP contribution in [0, 0.1) is 17.8 Å². The summed E-state index contributed by atoms with van der Waals surface area (Å²) in [6.45, 7) is 0. The molecule has 2 saturated carbocycles. The van der Waals surface area contributed by atoms with Gasteiger partial charge in [0, 0.05) is 17.8 Å². The van der Waals surface area contributed by atoms with E-state index in [-0.39, 0.29) is 12.3 Å². The van der Waals surface area contributed by atoms with Crippen molar-refractivity contribution in [2.45, 2.75) is 12.6 Å². The van der Waals surface area contributed by atoms with Crippen molar-refractivity contribution >= 4 is 11.8 Å². The van der Waals surface area contributed by atoms with Gasteiger partial charge in [-0.3, -0.25) is 4.79 Å². The number of hydrogen-bond donors (Lipinski definition) is 0. The number of hydrogen-bond acceptors (Lipinski definition) is 3. The van der Waals surface area contributed by atoms with E-state index in [4.69, 9.17) is 0 Å². The maximum atomic E-state index is 12.5. The lowest BCUT2D eigenvalue weighted by molar-refractivity contribution is -0.308. The number of aliphatic carboxylic acids is 1. The van der Waals surface area contributed by atoms with E-state index in [9.17, 15) is 19.1 Å². The van der Waals surface area contributed by atoms with E-state index < -0.39 is 29.8 Å². The van der Waals surface area contributed by atoms with Crippen LogP contribution in [0.5, 0.6) is 0 Å². The van der Waals surface area contributed by atoms with Gasteiger partial charge in [0.1, 0.15) is 0 Å². The number of rotatable bonds is 1. The monoisotopic (exact) mass is 157 g/mol. The first-order valence-corrected chi connectivity index (χ1v) is 3.51. The first kappa shape index (κ1) is 6.76. The number of carbonyl (C=O) groups excluding carboxylic acids is 2. The Morgan fingerprint density at radius 3 is 2.64 bits per heavy atom. The molecule has 0 heterocycles. The molecule has 0 aliphatic heterocycles. The Morgan fingerprint density at radius 2 is 2.27 bits per heavy atom. The quantitative estimate of drug-likeness (QED) is 0.486. The van der Waals surface area contributed by atoms with Crippen LogP contribution in [-0.4, -0.2) is 17.9 Å². The minimum Gasteiger partial charge on any atom is -0.550 e. The van der Waals surface area contributed by atoms with Crippen LogP contribution in [0.4, 0.5) is 4.39 Å². The number of carbonyl (C=O) groups is 2. The van der Waals surface area contributed by atoms with Crippen molar-refractivity contribution in [3.05, 3.63) is 0 Å². The number of carboxylic acid groups (broad SMARTS) is 1. The standard InChI is InChI=1S/C7H7FO3/c8-3-1-2-4(6(3)9)5(2)7(10)11/h2-5H,1H2,(H,10,11)/p-1. The summed E-state index contributed by atoms with van der Waals surface area (Å²) >= 11 is 0. The van der Waals surface area contributed by atoms with Gasteiger partial charge in [0.25, 0.3) is 0 Å². The molecule has 2 fully saturated rings. The predicted molar refractivity (Wildman–Crippen MR) is 30.0 cm³/mol. The zero-order valence-corrected chi connectivity index (χ0v) is 5.62. The summed E-state index contributed by atoms with van der Waals surface area (Å²) in [5.74, 6) is -3.25. The fourth-order valence-corrected chi connectivity index (χ4v) is 1.94. The molecule has 0 bridgehead atoms. The van der Waals surface area contributed by atoms with Crippen LogP contribution < -0.4 is 5.11 Å². The highest BCUT2D eigenvalue weighted by Crippen LogP contribution is 2.55. The average Bonchev–Trinajstić information content (AvgIpc) is 2.54. The van der Waals surface area contributed by atoms with Crippen molar-refractivity contribution in [1.29, 1.82) is 0 Å². The van der Waals surface area contributed by atoms with Crippen molar-refractivity contribution in [2.24, 2.45) is 17.8 Å². The van der Waals surface area contributed by atoms with E-state index in [1.807, 2.05) is 0 Å². The lowest BCUT2D eigenvalue weighted by atomic mass is 10.1. The molecule has 0 N–H and O–H groups in total. The molecule has 60 valence electrons. The number of halogens is 1. The van der Waals surface area contributed by atoms with Gasteiger partial charge in [-0.15, -0.1) is 0 Å². The molecule has 3 nitrogen and oxygen atoms in total. The number of alkyl halides is 1. The second-order valence-electron chi connectivity index (χ2n) is 3.14. The van der Waals surface area contributed by atoms with E-state index in [1.165, 1.54) is 0 Å². The smallest absolute Gasteiger partial charge is 0.170 e. The van der Waals surface area contributed by atoms with Gasteiger partial charge >= 0.3 is 0 Å². The van der Waals surface area contributed by atoms with Crippen LogP contribution in [-0.2, 0) is 9.59 Å². The Kier molecular flexibility index (Phi) is 1.11. The molecule has 4 heteroatoms. The Bertz CT molecular complexity index is 238. The molecule has 2 aliphatic carbocycles. The molecule has 0 aromatic heterocycles. The van der Waals surface area contributed by atoms with E-state index in [0.29, 0.717) is 0 Å². The Morgan fingerprint density at radius 1 is 1.64 bits per heavy atom. The summed E-state index contributed by atoms with van der Waals surface area (Å²) in [5, 5.41) is 10.2. The third-order valence-corrected chi connectivity index (χ3v) is 2.56. The normalized spacial score (nSPS) is 47.2. The molecule has 0 amide bonds. The summed E-state index contributed by atoms with van der Waals surface area (Å²) in [5.41, 5.74) is 0. The summed E-state index contributed by atoms with van der Waals surface area (Å²) in [4.78, 5) is 21.0. The van der Waals surface area contributed by atoms with Gasteiger partial charge in [0.05, 0.1) is 0 Å². The lowest BCUT2D eigenvalue weighted by Gasteiger charge is -2.04. The molecule has 2 aliphatic rings. The fraction of sp³-hybridized carbons (Fsp3) is 0.714. The molecule has 0 radical (unpaired) electrons. The molecular weight excluding hydrogens is 151 g/mol. The molecule has 0 aromatic carbocycles. The highest BCUT2D eigenvalue weighted by molar-refractivity contribution is 5.96. The minimum atomic E-state index is -1.42. The zero-order chi connectivity index (χ0) is 8.17. The van der Waals surface area contributed by atoms with Crippen molar-refractivity contribution in [3.63, 3.8) is 0 Å². The van der Waals surface area contributed by atoms with E-state index >= 15 is 0 Å². The molecule has 11 heavy (non-hydrogen) atoms. The van der Waals surface area contributed by atoms with Crippen LogP contribution in [0.15, 0.2) is 0 Å². The number of ketones is 1. The van der Waals surface area contributed by atoms with Gasteiger partial charge in [0.2, 0.25) is 0 Å². The molecule has 0 saturated heterocycles. The highest BCUT2D eigenvalue weighted by Gasteiger charge is 2.62. The maximum absolute atomic E-state index is 12.5. The third-order valence-electron chi connectivity index (χ3n) is 2.56. The predicted octanol–water partition coefficient (Wildman–Crippen LogP) is -1.09. The largest absolute Gasteiger partial charge is 0.550 e. The number of fused-ring (bicyclic) bond motifs is 1. The minimum absolute atomic E-state index is 0.0855. The second-order valence-corrected chi connectivity index (χ2v) is 3.14. The SMILES string of the molecule is O=C([O-])C1C2CC(F)C(=O)C21. The van der Waals surface area contributed by atoms with Gasteiger partial charge in [-0.25, -0.2) is 4.39 Å². The molecular formula is C7H6FO3-. The summed E-state index contributed by atoms with van der Waals surface area (Å²) < 4.78 is 12.5. The van der Waals surface area contributed by atoms with E-state index in [2.05, 4.69) is 0 Å². The topological polar surface area (TPSA) is 57.2 Å². The van der Waals surface area contributed by atoms with E-state index in [0.717, 1.165) is 0 Å². The Balaban J connectivity index is 2.11. The molecule has 4 unspecified atom stereocenters. The van der Waals surface area contributed by atoms with Gasteiger partial charge in [-0.2, -0.15) is 0 Å². The lowest BCUT2D eigenvalue weighted by Crippen LogP contribution is -2.29.